The summed E-state index contributed by atoms with van der Waals surface area (Å²) in [5.41, 5.74) is 0. The molecule has 0 aromatic carbocycles. The van der Waals surface area contributed by atoms with E-state index in [1.807, 2.05) is 0 Å². The zero-order valence-corrected chi connectivity index (χ0v) is 17.2. The Labute approximate surface area is 160 Å². The van der Waals surface area contributed by atoms with E-state index in [4.69, 9.17) is 4.74 Å². The normalized spacial score (nSPS) is 17.3. The molecule has 0 aromatic rings. The van der Waals surface area contributed by atoms with Gasteiger partial charge in [0.1, 0.15) is 6.54 Å². The number of aliphatic imine (C=N–C) groups is 1. The molecule has 1 fully saturated rings. The first-order valence-electron chi connectivity index (χ1n) is 10.4. The Hall–Kier alpha value is -1.30. The van der Waals surface area contributed by atoms with Crippen molar-refractivity contribution in [3.63, 3.8) is 0 Å². The molecule has 0 aromatic heterocycles. The van der Waals surface area contributed by atoms with Crippen LogP contribution in [-0.4, -0.2) is 63.7 Å². The average molecular weight is 369 g/mol. The van der Waals surface area contributed by atoms with Crippen LogP contribution in [0.4, 0.5) is 0 Å². The van der Waals surface area contributed by atoms with E-state index in [0.29, 0.717) is 5.92 Å². The summed E-state index contributed by atoms with van der Waals surface area (Å²) in [4.78, 5) is 17.8. The SMILES string of the molecule is CCCCCCCCCCNC(=NCC(=O)N(C)C)NCC1CCOC1. The van der Waals surface area contributed by atoms with E-state index in [1.54, 1.807) is 19.0 Å². The maximum atomic E-state index is 11.8. The molecule has 0 spiro atoms. The summed E-state index contributed by atoms with van der Waals surface area (Å²) in [5.74, 6) is 1.30. The van der Waals surface area contributed by atoms with E-state index in [-0.39, 0.29) is 12.5 Å². The molecular formula is C20H40N4O2. The van der Waals surface area contributed by atoms with Gasteiger partial charge in [-0.05, 0) is 12.8 Å². The molecule has 1 rings (SSSR count). The van der Waals surface area contributed by atoms with Crippen molar-refractivity contribution in [2.45, 2.75) is 64.7 Å². The zero-order chi connectivity index (χ0) is 19.0. The first kappa shape index (κ1) is 22.7. The highest BCUT2D eigenvalue weighted by Gasteiger charge is 2.15. The van der Waals surface area contributed by atoms with Crippen molar-refractivity contribution >= 4 is 11.9 Å². The molecule has 0 aliphatic carbocycles. The number of hydrogen-bond donors (Lipinski definition) is 2. The van der Waals surface area contributed by atoms with Gasteiger partial charge in [0, 0.05) is 39.7 Å². The monoisotopic (exact) mass is 368 g/mol. The van der Waals surface area contributed by atoms with Crippen LogP contribution in [0.5, 0.6) is 0 Å². The number of guanidine groups is 1. The van der Waals surface area contributed by atoms with Crippen molar-refractivity contribution in [2.75, 3.05) is 46.9 Å². The minimum absolute atomic E-state index is 0.0161. The highest BCUT2D eigenvalue weighted by molar-refractivity contribution is 5.84. The molecule has 152 valence electrons. The van der Waals surface area contributed by atoms with Gasteiger partial charge in [-0.1, -0.05) is 51.9 Å². The molecule has 0 saturated carbocycles. The fourth-order valence-corrected chi connectivity index (χ4v) is 2.91. The predicted molar refractivity (Wildman–Crippen MR) is 109 cm³/mol. The van der Waals surface area contributed by atoms with Crippen molar-refractivity contribution in [2.24, 2.45) is 10.9 Å². The molecule has 1 unspecified atom stereocenters. The minimum Gasteiger partial charge on any atom is -0.381 e. The molecule has 6 nitrogen and oxygen atoms in total. The maximum Gasteiger partial charge on any atom is 0.243 e. The van der Waals surface area contributed by atoms with E-state index >= 15 is 0 Å². The summed E-state index contributed by atoms with van der Waals surface area (Å²) in [5, 5.41) is 6.75. The van der Waals surface area contributed by atoms with Crippen LogP contribution in [-0.2, 0) is 9.53 Å². The van der Waals surface area contributed by atoms with Gasteiger partial charge in [0.05, 0.1) is 6.61 Å². The number of carbonyl (C=O) groups excluding carboxylic acids is 1. The Bertz CT molecular complexity index is 393. The van der Waals surface area contributed by atoms with Gasteiger partial charge in [-0.25, -0.2) is 4.99 Å². The molecular weight excluding hydrogens is 328 g/mol. The highest BCUT2D eigenvalue weighted by atomic mass is 16.5. The lowest BCUT2D eigenvalue weighted by atomic mass is 10.1. The van der Waals surface area contributed by atoms with Crippen LogP contribution in [0.3, 0.4) is 0 Å². The second-order valence-corrected chi connectivity index (χ2v) is 7.47. The van der Waals surface area contributed by atoms with Gasteiger partial charge in [0.15, 0.2) is 5.96 Å². The van der Waals surface area contributed by atoms with Crippen LogP contribution in [0.2, 0.25) is 0 Å². The van der Waals surface area contributed by atoms with E-state index < -0.39 is 0 Å². The molecule has 1 aliphatic heterocycles. The molecule has 26 heavy (non-hydrogen) atoms. The summed E-state index contributed by atoms with van der Waals surface area (Å²) >= 11 is 0. The second-order valence-electron chi connectivity index (χ2n) is 7.47. The summed E-state index contributed by atoms with van der Waals surface area (Å²) in [6.07, 6.45) is 11.6. The molecule has 2 N–H and O–H groups in total. The minimum atomic E-state index is 0.0161. The summed E-state index contributed by atoms with van der Waals surface area (Å²) in [7, 11) is 3.52. The maximum absolute atomic E-state index is 11.8. The number of unbranched alkanes of at least 4 members (excludes halogenated alkanes) is 7. The van der Waals surface area contributed by atoms with Crippen molar-refractivity contribution in [3.8, 4) is 0 Å². The Morgan fingerprint density at radius 3 is 2.38 bits per heavy atom. The average Bonchev–Trinajstić information content (AvgIpc) is 3.15. The summed E-state index contributed by atoms with van der Waals surface area (Å²) in [6.45, 7) is 5.85. The van der Waals surface area contributed by atoms with E-state index in [1.165, 1.54) is 44.9 Å². The number of amides is 1. The summed E-state index contributed by atoms with van der Waals surface area (Å²) < 4.78 is 5.42. The van der Waals surface area contributed by atoms with Gasteiger partial charge in [-0.2, -0.15) is 0 Å². The third-order valence-corrected chi connectivity index (χ3v) is 4.78. The largest absolute Gasteiger partial charge is 0.381 e. The quantitative estimate of drug-likeness (QED) is 0.298. The summed E-state index contributed by atoms with van der Waals surface area (Å²) in [6, 6.07) is 0. The third-order valence-electron chi connectivity index (χ3n) is 4.78. The van der Waals surface area contributed by atoms with Gasteiger partial charge in [-0.15, -0.1) is 0 Å². The smallest absolute Gasteiger partial charge is 0.243 e. The molecule has 1 heterocycles. The molecule has 1 atom stereocenters. The molecule has 0 bridgehead atoms. The molecule has 1 saturated heterocycles. The van der Waals surface area contributed by atoms with Crippen LogP contribution in [0.25, 0.3) is 0 Å². The lowest BCUT2D eigenvalue weighted by Crippen LogP contribution is -2.41. The predicted octanol–water partition coefficient (Wildman–Crippen LogP) is 2.79. The number of hydrogen-bond acceptors (Lipinski definition) is 3. The van der Waals surface area contributed by atoms with Gasteiger partial charge in [-0.3, -0.25) is 4.79 Å². The number of nitrogens with zero attached hydrogens (tertiary/aromatic N) is 2. The van der Waals surface area contributed by atoms with Crippen LogP contribution in [0.15, 0.2) is 4.99 Å². The molecule has 1 amide bonds. The number of likely N-dealkylation sites (N-methyl/N-ethyl adjacent to an activating group) is 1. The first-order valence-corrected chi connectivity index (χ1v) is 10.4. The Balaban J connectivity index is 2.22. The fraction of sp³-hybridized carbons (Fsp3) is 0.900. The highest BCUT2D eigenvalue weighted by Crippen LogP contribution is 2.10. The van der Waals surface area contributed by atoms with Gasteiger partial charge in [0.2, 0.25) is 5.91 Å². The topological polar surface area (TPSA) is 66.0 Å². The van der Waals surface area contributed by atoms with Crippen molar-refractivity contribution < 1.29 is 9.53 Å². The van der Waals surface area contributed by atoms with E-state index in [2.05, 4.69) is 22.5 Å². The molecule has 6 heteroatoms. The van der Waals surface area contributed by atoms with Crippen LogP contribution < -0.4 is 10.6 Å². The Morgan fingerprint density at radius 1 is 1.08 bits per heavy atom. The molecule has 1 aliphatic rings. The second kappa shape index (κ2) is 14.8. The van der Waals surface area contributed by atoms with Gasteiger partial charge >= 0.3 is 0 Å². The zero-order valence-electron chi connectivity index (χ0n) is 17.2. The van der Waals surface area contributed by atoms with E-state index in [9.17, 15) is 4.79 Å². The van der Waals surface area contributed by atoms with Crippen molar-refractivity contribution in [1.29, 1.82) is 0 Å². The fourth-order valence-electron chi connectivity index (χ4n) is 2.91. The molecule has 0 radical (unpaired) electrons. The van der Waals surface area contributed by atoms with Crippen molar-refractivity contribution in [3.05, 3.63) is 0 Å². The number of carbonyl (C=O) groups is 1. The lowest BCUT2D eigenvalue weighted by Gasteiger charge is -2.15. The first-order chi connectivity index (χ1) is 12.6. The van der Waals surface area contributed by atoms with Gasteiger partial charge < -0.3 is 20.3 Å². The van der Waals surface area contributed by atoms with Crippen LogP contribution in [0.1, 0.15) is 64.7 Å². The Morgan fingerprint density at radius 2 is 1.77 bits per heavy atom. The van der Waals surface area contributed by atoms with Crippen LogP contribution >= 0.6 is 0 Å². The number of ether oxygens (including phenoxy) is 1. The van der Waals surface area contributed by atoms with E-state index in [0.717, 1.165) is 45.1 Å². The Kier molecular flexibility index (Phi) is 13.0. The van der Waals surface area contributed by atoms with Crippen LogP contribution in [0, 0.1) is 5.92 Å². The third kappa shape index (κ3) is 11.3. The number of nitrogens with one attached hydrogen (secondary N) is 2. The number of rotatable bonds is 13. The standard InChI is InChI=1S/C20H40N4O2/c1-4-5-6-7-8-9-10-11-13-21-20(23-16-19(25)24(2)3)22-15-18-12-14-26-17-18/h18H,4-17H2,1-3H3,(H2,21,22,23). The van der Waals surface area contributed by atoms with Gasteiger partial charge in [0.25, 0.3) is 0 Å². The van der Waals surface area contributed by atoms with Crippen molar-refractivity contribution in [1.82, 2.24) is 15.5 Å². The lowest BCUT2D eigenvalue weighted by molar-refractivity contribution is -0.127.